The highest BCUT2D eigenvalue weighted by atomic mass is 32.2. The van der Waals surface area contributed by atoms with Crippen LogP contribution in [0.1, 0.15) is 36.2 Å². The van der Waals surface area contributed by atoms with E-state index in [1.54, 1.807) is 0 Å². The second-order valence-corrected chi connectivity index (χ2v) is 13.1. The van der Waals surface area contributed by atoms with Crippen molar-refractivity contribution in [1.82, 2.24) is 14.7 Å². The molecule has 2 fully saturated rings. The van der Waals surface area contributed by atoms with Crippen molar-refractivity contribution in [2.45, 2.75) is 56.1 Å². The minimum atomic E-state index is -4.08. The minimum Gasteiger partial charge on any atom is -0.443 e. The molecular formula is C30H41N3O9S. The van der Waals surface area contributed by atoms with Gasteiger partial charge in [-0.25, -0.2) is 18.3 Å². The number of nitrogens with one attached hydrogen (secondary N) is 1. The van der Waals surface area contributed by atoms with Crippen LogP contribution in [0.15, 0.2) is 59.5 Å². The van der Waals surface area contributed by atoms with Crippen molar-refractivity contribution in [3.05, 3.63) is 65.7 Å². The number of aliphatic hydroxyl groups excluding tert-OH is 1. The SMILES string of the molecule is CON(C)C(=O)c1ccc(S(=O)(=O)N(CC(C)C)C[C@@H](O)[C@H](Cc2ccccc2)NC(=O)O[C@H]2CO[C@H]3OCC[C@H]32)cc1. The number of hydrogen-bond donors (Lipinski definition) is 2. The molecule has 0 aliphatic carbocycles. The monoisotopic (exact) mass is 619 g/mol. The Morgan fingerprint density at radius 1 is 1.07 bits per heavy atom. The number of rotatable bonds is 13. The molecule has 2 saturated heterocycles. The maximum absolute atomic E-state index is 13.8. The molecule has 0 radical (unpaired) electrons. The first-order valence-corrected chi connectivity index (χ1v) is 15.8. The molecular weight excluding hydrogens is 578 g/mol. The Morgan fingerprint density at radius 3 is 2.42 bits per heavy atom. The molecule has 2 aromatic rings. The molecule has 13 heteroatoms. The molecule has 0 aromatic heterocycles. The molecule has 2 heterocycles. The molecule has 12 nitrogen and oxygen atoms in total. The van der Waals surface area contributed by atoms with E-state index in [2.05, 4.69) is 5.32 Å². The molecule has 4 rings (SSSR count). The number of carbonyl (C=O) groups is 2. The summed E-state index contributed by atoms with van der Waals surface area (Å²) in [5.41, 5.74) is 1.10. The number of hydroxylamine groups is 2. The molecule has 2 N–H and O–H groups in total. The molecule has 5 atom stereocenters. The summed E-state index contributed by atoms with van der Waals surface area (Å²) in [7, 11) is -1.27. The van der Waals surface area contributed by atoms with Crippen LogP contribution in [0.25, 0.3) is 0 Å². The molecule has 0 spiro atoms. The van der Waals surface area contributed by atoms with Crippen LogP contribution in [0, 0.1) is 11.8 Å². The van der Waals surface area contributed by atoms with Gasteiger partial charge in [-0.05, 0) is 48.6 Å². The average molecular weight is 620 g/mol. The fourth-order valence-electron chi connectivity index (χ4n) is 5.22. The van der Waals surface area contributed by atoms with Gasteiger partial charge in [0.1, 0.15) is 6.10 Å². The number of amides is 2. The lowest BCUT2D eigenvalue weighted by Gasteiger charge is -2.31. The Morgan fingerprint density at radius 2 is 1.77 bits per heavy atom. The van der Waals surface area contributed by atoms with Gasteiger partial charge in [0.2, 0.25) is 10.0 Å². The van der Waals surface area contributed by atoms with Gasteiger partial charge >= 0.3 is 6.09 Å². The Labute approximate surface area is 252 Å². The molecule has 2 aliphatic heterocycles. The van der Waals surface area contributed by atoms with Crippen molar-refractivity contribution in [1.29, 1.82) is 0 Å². The van der Waals surface area contributed by atoms with Gasteiger partial charge in [-0.2, -0.15) is 4.31 Å². The number of fused-ring (bicyclic) bond motifs is 1. The lowest BCUT2D eigenvalue weighted by atomic mass is 10.0. The third kappa shape index (κ3) is 8.31. The summed E-state index contributed by atoms with van der Waals surface area (Å²) in [6.07, 6.45) is -1.89. The maximum atomic E-state index is 13.8. The van der Waals surface area contributed by atoms with Crippen molar-refractivity contribution in [3.63, 3.8) is 0 Å². The van der Waals surface area contributed by atoms with E-state index in [9.17, 15) is 23.1 Å². The van der Waals surface area contributed by atoms with Crippen LogP contribution in [0.3, 0.4) is 0 Å². The highest BCUT2D eigenvalue weighted by molar-refractivity contribution is 7.89. The van der Waals surface area contributed by atoms with Gasteiger partial charge in [0.05, 0.1) is 43.3 Å². The fraction of sp³-hybridized carbons (Fsp3) is 0.533. The number of alkyl carbamates (subject to hydrolysis) is 1. The van der Waals surface area contributed by atoms with E-state index in [-0.39, 0.29) is 54.7 Å². The van der Waals surface area contributed by atoms with Crippen molar-refractivity contribution < 1.29 is 42.2 Å². The summed E-state index contributed by atoms with van der Waals surface area (Å²) in [5.74, 6) is -0.540. The van der Waals surface area contributed by atoms with Gasteiger partial charge in [-0.1, -0.05) is 44.2 Å². The Kier molecular flexibility index (Phi) is 11.2. The van der Waals surface area contributed by atoms with Gasteiger partial charge in [0.25, 0.3) is 5.91 Å². The molecule has 0 saturated carbocycles. The zero-order valence-electron chi connectivity index (χ0n) is 24.9. The van der Waals surface area contributed by atoms with Crippen molar-refractivity contribution in [3.8, 4) is 0 Å². The summed E-state index contributed by atoms with van der Waals surface area (Å²) in [6.45, 7) is 4.35. The number of sulfonamides is 1. The van der Waals surface area contributed by atoms with Crippen LogP contribution in [0.5, 0.6) is 0 Å². The maximum Gasteiger partial charge on any atom is 0.407 e. The van der Waals surface area contributed by atoms with E-state index in [1.165, 1.54) is 42.7 Å². The van der Waals surface area contributed by atoms with Crippen LogP contribution in [0.4, 0.5) is 4.79 Å². The molecule has 2 aliphatic rings. The second-order valence-electron chi connectivity index (χ2n) is 11.2. The molecule has 0 unspecified atom stereocenters. The van der Waals surface area contributed by atoms with Gasteiger partial charge in [-0.15, -0.1) is 0 Å². The standard InChI is InChI=1S/C30H41N3O9S/c1-20(2)17-33(43(37,38)23-12-10-22(11-13-23)28(35)32(3)39-4)18-26(34)25(16-21-8-6-5-7-9-21)31-30(36)42-27-19-41-29-24(27)14-15-40-29/h5-13,20,24-27,29,34H,14-19H2,1-4H3,(H,31,36)/t24-,25-,26+,27-,29+/m0/s1. The first-order valence-electron chi connectivity index (χ1n) is 14.3. The highest BCUT2D eigenvalue weighted by Crippen LogP contribution is 2.33. The lowest BCUT2D eigenvalue weighted by Crippen LogP contribution is -2.51. The van der Waals surface area contributed by atoms with Gasteiger partial charge in [-0.3, -0.25) is 9.63 Å². The van der Waals surface area contributed by atoms with E-state index in [1.807, 2.05) is 44.2 Å². The van der Waals surface area contributed by atoms with Crippen LogP contribution in [0.2, 0.25) is 0 Å². The number of hydrogen-bond acceptors (Lipinski definition) is 9. The lowest BCUT2D eigenvalue weighted by molar-refractivity contribution is -0.0907. The topological polar surface area (TPSA) is 144 Å². The zero-order valence-corrected chi connectivity index (χ0v) is 25.7. The summed E-state index contributed by atoms with van der Waals surface area (Å²) in [4.78, 5) is 30.3. The van der Waals surface area contributed by atoms with Gasteiger partial charge in [0, 0.05) is 25.7 Å². The average Bonchev–Trinajstić information content (AvgIpc) is 3.61. The van der Waals surface area contributed by atoms with E-state index < -0.39 is 40.3 Å². The fourth-order valence-corrected chi connectivity index (χ4v) is 6.84. The van der Waals surface area contributed by atoms with Crippen LogP contribution < -0.4 is 5.32 Å². The minimum absolute atomic E-state index is 0.0291. The van der Waals surface area contributed by atoms with E-state index in [4.69, 9.17) is 19.0 Å². The Hall–Kier alpha value is -3.07. The molecule has 236 valence electrons. The predicted molar refractivity (Wildman–Crippen MR) is 156 cm³/mol. The largest absolute Gasteiger partial charge is 0.443 e. The van der Waals surface area contributed by atoms with Crippen LogP contribution in [-0.2, 0) is 35.5 Å². The number of nitrogens with zero attached hydrogens (tertiary/aromatic N) is 2. The van der Waals surface area contributed by atoms with Gasteiger partial charge in [0.15, 0.2) is 6.29 Å². The highest BCUT2D eigenvalue weighted by Gasteiger charge is 2.44. The Bertz CT molecular complexity index is 1320. The molecule has 43 heavy (non-hydrogen) atoms. The summed E-state index contributed by atoms with van der Waals surface area (Å²) >= 11 is 0. The number of benzene rings is 2. The van der Waals surface area contributed by atoms with E-state index in [0.717, 1.165) is 17.0 Å². The quantitative estimate of drug-likeness (QED) is 0.323. The summed E-state index contributed by atoms with van der Waals surface area (Å²) in [6, 6.07) is 14.0. The normalized spacial score (nSPS) is 21.4. The Balaban J connectivity index is 1.51. The van der Waals surface area contributed by atoms with E-state index in [0.29, 0.717) is 6.61 Å². The number of ether oxygens (including phenoxy) is 3. The predicted octanol–water partition coefficient (Wildman–Crippen LogP) is 2.43. The van der Waals surface area contributed by atoms with Crippen LogP contribution >= 0.6 is 0 Å². The molecule has 2 aromatic carbocycles. The van der Waals surface area contributed by atoms with Crippen molar-refractivity contribution in [2.75, 3.05) is 40.5 Å². The van der Waals surface area contributed by atoms with Gasteiger partial charge < -0.3 is 24.6 Å². The zero-order chi connectivity index (χ0) is 31.1. The van der Waals surface area contributed by atoms with E-state index >= 15 is 0 Å². The number of aliphatic hydroxyl groups is 1. The summed E-state index contributed by atoms with van der Waals surface area (Å²) in [5, 5.41) is 15.3. The van der Waals surface area contributed by atoms with Crippen LogP contribution in [-0.4, -0.2) is 99.9 Å². The third-order valence-electron chi connectivity index (χ3n) is 7.57. The first-order chi connectivity index (χ1) is 20.5. The number of carbonyl (C=O) groups excluding carboxylic acids is 2. The van der Waals surface area contributed by atoms with Crippen molar-refractivity contribution >= 4 is 22.0 Å². The second kappa shape index (κ2) is 14.6. The molecule has 2 amide bonds. The first kappa shape index (κ1) is 32.8. The third-order valence-corrected chi connectivity index (χ3v) is 9.41. The smallest absolute Gasteiger partial charge is 0.407 e. The van der Waals surface area contributed by atoms with Crippen molar-refractivity contribution in [2.24, 2.45) is 11.8 Å². The molecule has 0 bridgehead atoms. The summed E-state index contributed by atoms with van der Waals surface area (Å²) < 4.78 is 45.5.